The summed E-state index contributed by atoms with van der Waals surface area (Å²) in [6.07, 6.45) is 3.40. The highest BCUT2D eigenvalue weighted by molar-refractivity contribution is 5.79. The highest BCUT2D eigenvalue weighted by Crippen LogP contribution is 2.17. The van der Waals surface area contributed by atoms with Gasteiger partial charge in [0.1, 0.15) is 0 Å². The summed E-state index contributed by atoms with van der Waals surface area (Å²) in [5.74, 6) is 0.396. The lowest BCUT2D eigenvalue weighted by Gasteiger charge is -2.34. The molecule has 3 amide bonds. The summed E-state index contributed by atoms with van der Waals surface area (Å²) in [7, 11) is 0. The Hall–Kier alpha value is -2.11. The number of carbonyl (C=O) groups excluding carboxylic acids is 2. The number of piperidine rings is 1. The maximum absolute atomic E-state index is 12.4. The van der Waals surface area contributed by atoms with Crippen LogP contribution in [0.25, 0.3) is 0 Å². The molecule has 138 valence electrons. The maximum Gasteiger partial charge on any atom is 0.315 e. The third kappa shape index (κ3) is 5.73. The Morgan fingerprint density at radius 1 is 1.24 bits per heavy atom. The molecule has 0 atom stereocenters. The third-order valence-corrected chi connectivity index (χ3v) is 4.85. The fraction of sp³-hybridized carbons (Fsp3) is 0.632. The van der Waals surface area contributed by atoms with Crippen LogP contribution in [0.5, 0.6) is 0 Å². The molecule has 2 heterocycles. The Kier molecular flexibility index (Phi) is 7.22. The molecule has 1 aromatic heterocycles. The molecular formula is C19H30N4O2. The molecule has 0 aliphatic carbocycles. The van der Waals surface area contributed by atoms with Crippen molar-refractivity contribution in [1.29, 1.82) is 0 Å². The van der Waals surface area contributed by atoms with Crippen LogP contribution in [0.15, 0.2) is 18.2 Å². The molecule has 1 saturated heterocycles. The zero-order valence-corrected chi connectivity index (χ0v) is 15.5. The Bertz CT molecular complexity index is 579. The predicted octanol–water partition coefficient (Wildman–Crippen LogP) is 2.62. The molecule has 1 aliphatic heterocycles. The molecule has 25 heavy (non-hydrogen) atoms. The largest absolute Gasteiger partial charge is 0.342 e. The summed E-state index contributed by atoms with van der Waals surface area (Å²) in [6.45, 7) is 7.92. The SMILES string of the molecule is CCC(CC)C(=O)N1CCC(NC(=O)NCc2cccc(C)n2)CC1. The van der Waals surface area contributed by atoms with Crippen molar-refractivity contribution in [1.82, 2.24) is 20.5 Å². The normalized spacial score (nSPS) is 15.3. The Morgan fingerprint density at radius 3 is 2.52 bits per heavy atom. The minimum Gasteiger partial charge on any atom is -0.342 e. The lowest BCUT2D eigenvalue weighted by Crippen LogP contribution is -2.50. The molecule has 2 rings (SSSR count). The van der Waals surface area contributed by atoms with E-state index in [0.717, 1.165) is 50.2 Å². The number of nitrogens with one attached hydrogen (secondary N) is 2. The minimum absolute atomic E-state index is 0.122. The topological polar surface area (TPSA) is 74.3 Å². The van der Waals surface area contributed by atoms with Crippen LogP contribution in [0.4, 0.5) is 4.79 Å². The fourth-order valence-corrected chi connectivity index (χ4v) is 3.25. The molecule has 1 aliphatic rings. The minimum atomic E-state index is -0.173. The van der Waals surface area contributed by atoms with Crippen molar-refractivity contribution in [3.05, 3.63) is 29.6 Å². The van der Waals surface area contributed by atoms with E-state index in [1.54, 1.807) is 0 Å². The van der Waals surface area contributed by atoms with Crippen molar-refractivity contribution < 1.29 is 9.59 Å². The molecule has 6 heteroatoms. The van der Waals surface area contributed by atoms with Gasteiger partial charge in [-0.1, -0.05) is 19.9 Å². The van der Waals surface area contributed by atoms with Crippen LogP contribution in [-0.2, 0) is 11.3 Å². The van der Waals surface area contributed by atoms with Gasteiger partial charge < -0.3 is 15.5 Å². The monoisotopic (exact) mass is 346 g/mol. The van der Waals surface area contributed by atoms with E-state index in [4.69, 9.17) is 0 Å². The van der Waals surface area contributed by atoms with Gasteiger partial charge in [-0.25, -0.2) is 4.79 Å². The molecule has 0 aromatic carbocycles. The third-order valence-electron chi connectivity index (χ3n) is 4.85. The first-order chi connectivity index (χ1) is 12.0. The van der Waals surface area contributed by atoms with Crippen LogP contribution in [0.3, 0.4) is 0 Å². The van der Waals surface area contributed by atoms with Crippen LogP contribution >= 0.6 is 0 Å². The summed E-state index contributed by atoms with van der Waals surface area (Å²) < 4.78 is 0. The van der Waals surface area contributed by atoms with E-state index in [9.17, 15) is 9.59 Å². The summed E-state index contributed by atoms with van der Waals surface area (Å²) >= 11 is 0. The van der Waals surface area contributed by atoms with Gasteiger partial charge in [-0.05, 0) is 44.7 Å². The quantitative estimate of drug-likeness (QED) is 0.831. The molecule has 1 aromatic rings. The van der Waals surface area contributed by atoms with Crippen molar-refractivity contribution in [2.75, 3.05) is 13.1 Å². The van der Waals surface area contributed by atoms with Gasteiger partial charge in [0.05, 0.1) is 12.2 Å². The molecule has 0 unspecified atom stereocenters. The number of hydrogen-bond donors (Lipinski definition) is 2. The van der Waals surface area contributed by atoms with E-state index in [-0.39, 0.29) is 23.9 Å². The van der Waals surface area contributed by atoms with Crippen LogP contribution < -0.4 is 10.6 Å². The molecular weight excluding hydrogens is 316 g/mol. The van der Waals surface area contributed by atoms with E-state index in [1.165, 1.54) is 0 Å². The first-order valence-corrected chi connectivity index (χ1v) is 9.29. The Balaban J connectivity index is 1.72. The number of amides is 3. The van der Waals surface area contributed by atoms with E-state index in [2.05, 4.69) is 29.5 Å². The van der Waals surface area contributed by atoms with E-state index in [0.29, 0.717) is 6.54 Å². The lowest BCUT2D eigenvalue weighted by molar-refractivity contribution is -0.136. The molecule has 0 radical (unpaired) electrons. The number of urea groups is 1. The zero-order chi connectivity index (χ0) is 18.2. The van der Waals surface area contributed by atoms with Gasteiger partial charge in [0, 0.05) is 30.7 Å². The number of pyridine rings is 1. The number of rotatable bonds is 6. The molecule has 6 nitrogen and oxygen atoms in total. The number of hydrogen-bond acceptors (Lipinski definition) is 3. The van der Waals surface area contributed by atoms with Crippen molar-refractivity contribution >= 4 is 11.9 Å². The van der Waals surface area contributed by atoms with Gasteiger partial charge in [-0.15, -0.1) is 0 Å². The molecule has 0 spiro atoms. The number of aryl methyl sites for hydroxylation is 1. The first-order valence-electron chi connectivity index (χ1n) is 9.29. The standard InChI is InChI=1S/C19H30N4O2/c1-4-15(5-2)18(24)23-11-9-16(10-12-23)22-19(25)20-13-17-8-6-7-14(3)21-17/h6-8,15-16H,4-5,9-13H2,1-3H3,(H2,20,22,25). The Morgan fingerprint density at radius 2 is 1.92 bits per heavy atom. The zero-order valence-electron chi connectivity index (χ0n) is 15.5. The second-order valence-corrected chi connectivity index (χ2v) is 6.71. The molecule has 0 bridgehead atoms. The average molecular weight is 346 g/mol. The summed E-state index contributed by atoms with van der Waals surface area (Å²) in [4.78, 5) is 30.8. The van der Waals surface area contributed by atoms with Crippen LogP contribution in [0, 0.1) is 12.8 Å². The van der Waals surface area contributed by atoms with Gasteiger partial charge in [0.25, 0.3) is 0 Å². The Labute approximate surface area is 150 Å². The second kappa shape index (κ2) is 9.39. The van der Waals surface area contributed by atoms with Crippen molar-refractivity contribution in [2.45, 2.75) is 59.0 Å². The number of likely N-dealkylation sites (tertiary alicyclic amines) is 1. The summed E-state index contributed by atoms with van der Waals surface area (Å²) in [6, 6.07) is 5.71. The predicted molar refractivity (Wildman–Crippen MR) is 98.0 cm³/mol. The fourth-order valence-electron chi connectivity index (χ4n) is 3.25. The highest BCUT2D eigenvalue weighted by atomic mass is 16.2. The van der Waals surface area contributed by atoms with E-state index >= 15 is 0 Å². The van der Waals surface area contributed by atoms with Gasteiger partial charge in [-0.3, -0.25) is 9.78 Å². The van der Waals surface area contributed by atoms with Gasteiger partial charge >= 0.3 is 6.03 Å². The number of aromatic nitrogens is 1. The van der Waals surface area contributed by atoms with Crippen molar-refractivity contribution in [3.8, 4) is 0 Å². The van der Waals surface area contributed by atoms with Crippen LogP contribution in [0.1, 0.15) is 50.9 Å². The summed E-state index contributed by atoms with van der Waals surface area (Å²) in [5, 5.41) is 5.86. The second-order valence-electron chi connectivity index (χ2n) is 6.71. The van der Waals surface area contributed by atoms with Gasteiger partial charge in [-0.2, -0.15) is 0 Å². The molecule has 1 fully saturated rings. The average Bonchev–Trinajstić information content (AvgIpc) is 2.61. The lowest BCUT2D eigenvalue weighted by atomic mass is 9.98. The maximum atomic E-state index is 12.4. The van der Waals surface area contributed by atoms with E-state index < -0.39 is 0 Å². The highest BCUT2D eigenvalue weighted by Gasteiger charge is 2.27. The van der Waals surface area contributed by atoms with Gasteiger partial charge in [0.15, 0.2) is 0 Å². The van der Waals surface area contributed by atoms with Crippen molar-refractivity contribution in [2.24, 2.45) is 5.92 Å². The van der Waals surface area contributed by atoms with Crippen LogP contribution in [-0.4, -0.2) is 41.0 Å². The molecule has 0 saturated carbocycles. The number of nitrogens with zero attached hydrogens (tertiary/aromatic N) is 2. The first kappa shape index (κ1) is 19.2. The van der Waals surface area contributed by atoms with E-state index in [1.807, 2.05) is 30.0 Å². The molecule has 2 N–H and O–H groups in total. The van der Waals surface area contributed by atoms with Crippen molar-refractivity contribution in [3.63, 3.8) is 0 Å². The van der Waals surface area contributed by atoms with Gasteiger partial charge in [0.2, 0.25) is 5.91 Å². The smallest absolute Gasteiger partial charge is 0.315 e. The number of carbonyl (C=O) groups is 2. The summed E-state index contributed by atoms with van der Waals surface area (Å²) in [5.41, 5.74) is 1.79. The van der Waals surface area contributed by atoms with Crippen LogP contribution in [0.2, 0.25) is 0 Å².